The Morgan fingerprint density at radius 3 is 0.663 bits per heavy atom. The molecule has 17 nitrogen and oxygen atoms in total. The quantitative estimate of drug-likeness (QED) is 0.0222. The number of aliphatic hydroxyl groups is 1. The van der Waals surface area contributed by atoms with Gasteiger partial charge in [0.15, 0.2) is 12.2 Å². The Morgan fingerprint density at radius 1 is 0.270 bits per heavy atom. The minimum absolute atomic E-state index is 0.0993. The molecule has 3 N–H and O–H groups in total. The number of phosphoric acid groups is 2. The number of carbonyl (C=O) groups excluding carboxylic acids is 4. The Labute approximate surface area is 543 Å². The van der Waals surface area contributed by atoms with Crippen molar-refractivity contribution in [3.8, 4) is 0 Å². The van der Waals surface area contributed by atoms with E-state index < -0.39 is 97.5 Å². The molecule has 0 aromatic heterocycles. The smallest absolute Gasteiger partial charge is 0.462 e. The highest BCUT2D eigenvalue weighted by molar-refractivity contribution is 7.47. The van der Waals surface area contributed by atoms with Crippen LogP contribution in [0.25, 0.3) is 0 Å². The highest BCUT2D eigenvalue weighted by atomic mass is 31.2. The van der Waals surface area contributed by atoms with Gasteiger partial charge in [-0.05, 0) is 25.7 Å². The lowest BCUT2D eigenvalue weighted by Crippen LogP contribution is -2.30. The Kier molecular flexibility index (Phi) is 63.3. The highest BCUT2D eigenvalue weighted by Crippen LogP contribution is 2.45. The van der Waals surface area contributed by atoms with Crippen LogP contribution in [0.2, 0.25) is 0 Å². The summed E-state index contributed by atoms with van der Waals surface area (Å²) in [5, 5.41) is 10.5. The summed E-state index contributed by atoms with van der Waals surface area (Å²) < 4.78 is 67.8. The lowest BCUT2D eigenvalue weighted by atomic mass is 10.0. The summed E-state index contributed by atoms with van der Waals surface area (Å²) >= 11 is 0. The summed E-state index contributed by atoms with van der Waals surface area (Å²) in [7, 11) is -9.87. The first kappa shape index (κ1) is 87.1. The number of unbranched alkanes of at least 4 members (excludes halogenated alkanes) is 45. The fourth-order valence-electron chi connectivity index (χ4n) is 10.7. The van der Waals surface area contributed by atoms with E-state index in [-0.39, 0.29) is 25.7 Å². The molecule has 528 valence electrons. The number of ether oxygens (including phenoxy) is 4. The van der Waals surface area contributed by atoms with Gasteiger partial charge in [-0.1, -0.05) is 317 Å². The van der Waals surface area contributed by atoms with Crippen LogP contribution in [-0.4, -0.2) is 96.7 Å². The first-order chi connectivity index (χ1) is 43.2. The predicted octanol–water partition coefficient (Wildman–Crippen LogP) is 20.3. The summed E-state index contributed by atoms with van der Waals surface area (Å²) in [6.45, 7) is 4.75. The summed E-state index contributed by atoms with van der Waals surface area (Å²) in [5.74, 6) is -2.15. The van der Waals surface area contributed by atoms with E-state index in [9.17, 15) is 43.2 Å². The standard InChI is InChI=1S/C70H136O17P2/c1-5-9-13-17-19-21-23-25-27-29-30-31-32-33-35-37-39-41-43-45-49-53-57-70(75)87-66(61-81-68(73)55-51-48-44-42-40-38-36-34-28-26-24-22-20-18-14-10-6-2)63-85-89(78,79)83-59-64(71)58-82-88(76,77)84-62-65(86-69(74)56-52-47-16-12-8-4)60-80-67(72)54-50-46-15-11-7-3/h64-66,71H,5-63H2,1-4H3,(H,76,77)(H,78,79)/t64-,65+,66+/m0/s1. The fourth-order valence-corrected chi connectivity index (χ4v) is 12.3. The van der Waals surface area contributed by atoms with Crippen molar-refractivity contribution in [2.24, 2.45) is 0 Å². The fraction of sp³-hybridized carbons (Fsp3) is 0.943. The first-order valence-electron chi connectivity index (χ1n) is 36.8. The van der Waals surface area contributed by atoms with Gasteiger partial charge in [0.05, 0.1) is 26.4 Å². The minimum Gasteiger partial charge on any atom is -0.462 e. The van der Waals surface area contributed by atoms with Gasteiger partial charge < -0.3 is 33.8 Å². The van der Waals surface area contributed by atoms with Gasteiger partial charge in [0, 0.05) is 25.7 Å². The third-order valence-corrected chi connectivity index (χ3v) is 18.3. The topological polar surface area (TPSA) is 237 Å². The molecule has 0 spiro atoms. The lowest BCUT2D eigenvalue weighted by molar-refractivity contribution is -0.161. The average molecular weight is 1310 g/mol. The van der Waals surface area contributed by atoms with Gasteiger partial charge in [-0.3, -0.25) is 37.3 Å². The molecule has 2 unspecified atom stereocenters. The molecule has 0 rings (SSSR count). The Morgan fingerprint density at radius 2 is 0.449 bits per heavy atom. The van der Waals surface area contributed by atoms with E-state index in [1.54, 1.807) is 0 Å². The summed E-state index contributed by atoms with van der Waals surface area (Å²) in [4.78, 5) is 71.9. The van der Waals surface area contributed by atoms with Crippen molar-refractivity contribution in [3.05, 3.63) is 0 Å². The van der Waals surface area contributed by atoms with Crippen LogP contribution in [0.4, 0.5) is 0 Å². The largest absolute Gasteiger partial charge is 0.472 e. The van der Waals surface area contributed by atoms with Crippen LogP contribution < -0.4 is 0 Å². The Balaban J connectivity index is 5.02. The third-order valence-electron chi connectivity index (χ3n) is 16.4. The van der Waals surface area contributed by atoms with E-state index in [4.69, 9.17) is 37.0 Å². The predicted molar refractivity (Wildman–Crippen MR) is 359 cm³/mol. The zero-order valence-corrected chi connectivity index (χ0v) is 59.2. The van der Waals surface area contributed by atoms with Crippen LogP contribution in [-0.2, 0) is 65.4 Å². The number of hydrogen-bond acceptors (Lipinski definition) is 15. The van der Waals surface area contributed by atoms with E-state index >= 15 is 0 Å². The molecule has 19 heteroatoms. The average Bonchev–Trinajstić information content (AvgIpc) is 3.58. The molecule has 0 aliphatic heterocycles. The van der Waals surface area contributed by atoms with E-state index in [0.29, 0.717) is 25.7 Å². The molecule has 0 aromatic carbocycles. The van der Waals surface area contributed by atoms with Crippen LogP contribution in [0.3, 0.4) is 0 Å². The Hall–Kier alpha value is -1.94. The maximum Gasteiger partial charge on any atom is 0.472 e. The first-order valence-corrected chi connectivity index (χ1v) is 39.8. The summed E-state index contributed by atoms with van der Waals surface area (Å²) in [6.07, 6.45) is 53.9. The third kappa shape index (κ3) is 64.6. The molecule has 89 heavy (non-hydrogen) atoms. The second-order valence-corrected chi connectivity index (χ2v) is 28.2. The minimum atomic E-state index is -4.95. The monoisotopic (exact) mass is 1310 g/mol. The van der Waals surface area contributed by atoms with Crippen LogP contribution in [0.15, 0.2) is 0 Å². The van der Waals surface area contributed by atoms with Gasteiger partial charge in [-0.15, -0.1) is 0 Å². The van der Waals surface area contributed by atoms with Crippen molar-refractivity contribution in [1.29, 1.82) is 0 Å². The second kappa shape index (κ2) is 64.8. The Bertz CT molecular complexity index is 1710. The number of esters is 4. The maximum absolute atomic E-state index is 13.0. The lowest BCUT2D eigenvalue weighted by Gasteiger charge is -2.21. The maximum atomic E-state index is 13.0. The molecule has 0 aliphatic carbocycles. The number of hydrogen-bond donors (Lipinski definition) is 3. The zero-order chi connectivity index (χ0) is 65.4. The molecular weight excluding hydrogens is 1170 g/mol. The van der Waals surface area contributed by atoms with Gasteiger partial charge in [0.2, 0.25) is 0 Å². The van der Waals surface area contributed by atoms with Gasteiger partial charge in [0.1, 0.15) is 19.3 Å². The van der Waals surface area contributed by atoms with Gasteiger partial charge in [-0.25, -0.2) is 9.13 Å². The second-order valence-electron chi connectivity index (χ2n) is 25.3. The molecule has 0 saturated heterocycles. The van der Waals surface area contributed by atoms with Crippen LogP contribution in [0.1, 0.15) is 368 Å². The zero-order valence-electron chi connectivity index (χ0n) is 57.4. The molecule has 0 heterocycles. The van der Waals surface area contributed by atoms with Gasteiger partial charge >= 0.3 is 39.5 Å². The molecule has 0 fully saturated rings. The number of rotatable bonds is 71. The van der Waals surface area contributed by atoms with Crippen LogP contribution in [0.5, 0.6) is 0 Å². The van der Waals surface area contributed by atoms with Gasteiger partial charge in [-0.2, -0.15) is 0 Å². The molecule has 5 atom stereocenters. The van der Waals surface area contributed by atoms with E-state index in [2.05, 4.69) is 27.7 Å². The molecule has 0 saturated carbocycles. The van der Waals surface area contributed by atoms with E-state index in [1.807, 2.05) is 0 Å². The highest BCUT2D eigenvalue weighted by Gasteiger charge is 2.30. The molecule has 0 amide bonds. The summed E-state index contributed by atoms with van der Waals surface area (Å²) in [5.41, 5.74) is 0. The number of carbonyl (C=O) groups is 4. The van der Waals surface area contributed by atoms with Crippen molar-refractivity contribution in [1.82, 2.24) is 0 Å². The van der Waals surface area contributed by atoms with E-state index in [1.165, 1.54) is 193 Å². The van der Waals surface area contributed by atoms with Crippen LogP contribution >= 0.6 is 15.6 Å². The van der Waals surface area contributed by atoms with Crippen molar-refractivity contribution in [3.63, 3.8) is 0 Å². The number of aliphatic hydroxyl groups excluding tert-OH is 1. The van der Waals surface area contributed by atoms with Crippen molar-refractivity contribution in [2.45, 2.75) is 386 Å². The van der Waals surface area contributed by atoms with E-state index in [0.717, 1.165) is 96.3 Å². The molecule has 0 aromatic rings. The van der Waals surface area contributed by atoms with Crippen molar-refractivity contribution < 1.29 is 80.2 Å². The SMILES string of the molecule is CCCCCCCCCCCCCCCCCCCCCCCCC(=O)O[C@H](COC(=O)CCCCCCCCCCCCCCCCCCC)COP(=O)(O)OC[C@@H](O)COP(=O)(O)OC[C@@H](COC(=O)CCCCCCC)OC(=O)CCCCCCC. The molecular formula is C70H136O17P2. The molecule has 0 aliphatic rings. The molecule has 0 radical (unpaired) electrons. The normalized spacial score (nSPS) is 14.0. The van der Waals surface area contributed by atoms with Crippen molar-refractivity contribution in [2.75, 3.05) is 39.6 Å². The van der Waals surface area contributed by atoms with Crippen molar-refractivity contribution >= 4 is 39.5 Å². The van der Waals surface area contributed by atoms with Gasteiger partial charge in [0.25, 0.3) is 0 Å². The van der Waals surface area contributed by atoms with Crippen LogP contribution in [0, 0.1) is 0 Å². The number of phosphoric ester groups is 2. The molecule has 0 bridgehead atoms. The summed E-state index contributed by atoms with van der Waals surface area (Å²) in [6, 6.07) is 0.